The number of para-hydroxylation sites is 1. The number of Topliss-reactive ketones (excluding diaryl/α,β-unsaturated/α-hetero) is 1. The maximum atomic E-state index is 12.9. The number of benzene rings is 1. The van der Waals surface area contributed by atoms with Crippen molar-refractivity contribution in [3.63, 3.8) is 0 Å². The summed E-state index contributed by atoms with van der Waals surface area (Å²) in [6, 6.07) is 11.7. The maximum absolute atomic E-state index is 12.9. The molecule has 108 valence electrons. The van der Waals surface area contributed by atoms with Crippen LogP contribution in [0.25, 0.3) is 5.69 Å². The molecule has 2 aromatic rings. The van der Waals surface area contributed by atoms with Crippen LogP contribution in [0.2, 0.25) is 0 Å². The van der Waals surface area contributed by atoms with Crippen molar-refractivity contribution in [1.82, 2.24) is 15.1 Å². The molecule has 1 N–H and O–H groups in total. The van der Waals surface area contributed by atoms with Crippen LogP contribution in [0.1, 0.15) is 29.8 Å². The first-order valence-electron chi connectivity index (χ1n) is 7.65. The molecule has 1 aromatic heterocycles. The van der Waals surface area contributed by atoms with Crippen molar-refractivity contribution in [3.8, 4) is 5.69 Å². The zero-order chi connectivity index (χ0) is 14.3. The molecule has 1 aliphatic carbocycles. The van der Waals surface area contributed by atoms with Crippen LogP contribution in [0.3, 0.4) is 0 Å². The van der Waals surface area contributed by atoms with Crippen LogP contribution < -0.4 is 5.32 Å². The van der Waals surface area contributed by atoms with E-state index in [0.29, 0.717) is 0 Å². The van der Waals surface area contributed by atoms with Crippen LogP contribution in [0.4, 0.5) is 0 Å². The minimum absolute atomic E-state index is 0.193. The molecule has 1 aliphatic heterocycles. The Morgan fingerprint density at radius 3 is 2.71 bits per heavy atom. The highest BCUT2D eigenvalue weighted by atomic mass is 16.1. The Morgan fingerprint density at radius 1 is 1.19 bits per heavy atom. The van der Waals surface area contributed by atoms with Crippen LogP contribution >= 0.6 is 0 Å². The number of hydrogen-bond acceptors (Lipinski definition) is 3. The molecule has 0 bridgehead atoms. The fourth-order valence-electron chi connectivity index (χ4n) is 3.64. The first kappa shape index (κ1) is 12.8. The summed E-state index contributed by atoms with van der Waals surface area (Å²) in [4.78, 5) is 12.9. The van der Waals surface area contributed by atoms with Crippen molar-refractivity contribution < 1.29 is 4.79 Å². The van der Waals surface area contributed by atoms with Gasteiger partial charge in [-0.3, -0.25) is 4.79 Å². The van der Waals surface area contributed by atoms with Gasteiger partial charge in [0.1, 0.15) is 5.69 Å². The number of rotatable bonds is 3. The summed E-state index contributed by atoms with van der Waals surface area (Å²) in [6.45, 7) is 2.09. The van der Waals surface area contributed by atoms with E-state index in [-0.39, 0.29) is 17.1 Å². The lowest BCUT2D eigenvalue weighted by molar-refractivity contribution is 0.0933. The number of nitrogens with zero attached hydrogens (tertiary/aromatic N) is 2. The molecule has 1 aromatic carbocycles. The molecule has 1 unspecified atom stereocenters. The fraction of sp³-hybridized carbons (Fsp3) is 0.412. The van der Waals surface area contributed by atoms with E-state index in [1.165, 1.54) is 0 Å². The van der Waals surface area contributed by atoms with E-state index in [0.717, 1.165) is 43.7 Å². The lowest BCUT2D eigenvalue weighted by Crippen LogP contribution is -2.31. The molecule has 1 saturated heterocycles. The van der Waals surface area contributed by atoms with Gasteiger partial charge in [-0.05, 0) is 56.0 Å². The van der Waals surface area contributed by atoms with E-state index >= 15 is 0 Å². The number of aromatic nitrogens is 2. The summed E-state index contributed by atoms with van der Waals surface area (Å²) < 4.78 is 1.77. The van der Waals surface area contributed by atoms with Gasteiger partial charge in [-0.15, -0.1) is 0 Å². The molecule has 0 amide bonds. The Hall–Kier alpha value is -1.94. The SMILES string of the molecule is O=C(c1ccnn1-c1ccccc1)C1CC12CCNCC2. The monoisotopic (exact) mass is 281 g/mol. The number of carbonyl (C=O) groups is 1. The van der Waals surface area contributed by atoms with Crippen LogP contribution in [0, 0.1) is 11.3 Å². The van der Waals surface area contributed by atoms with E-state index in [1.54, 1.807) is 10.9 Å². The standard InChI is InChI=1S/C17H19N3O/c21-16(14-12-17(14)7-10-18-11-8-17)15-6-9-19-20(15)13-4-2-1-3-5-13/h1-6,9,14,18H,7-8,10-12H2. The van der Waals surface area contributed by atoms with Gasteiger partial charge in [-0.1, -0.05) is 18.2 Å². The number of hydrogen-bond donors (Lipinski definition) is 1. The van der Waals surface area contributed by atoms with E-state index in [4.69, 9.17) is 0 Å². The third-order valence-corrected chi connectivity index (χ3v) is 5.00. The van der Waals surface area contributed by atoms with Crippen LogP contribution in [-0.4, -0.2) is 28.7 Å². The van der Waals surface area contributed by atoms with Crippen LogP contribution in [0.5, 0.6) is 0 Å². The predicted octanol–water partition coefficient (Wildman–Crippen LogP) is 2.44. The number of piperidine rings is 1. The average molecular weight is 281 g/mol. The average Bonchev–Trinajstić information content (AvgIpc) is 3.01. The van der Waals surface area contributed by atoms with Crippen molar-refractivity contribution >= 4 is 5.78 Å². The molecule has 2 heterocycles. The van der Waals surface area contributed by atoms with Crippen molar-refractivity contribution in [2.75, 3.05) is 13.1 Å². The van der Waals surface area contributed by atoms with Gasteiger partial charge < -0.3 is 5.32 Å². The summed E-state index contributed by atoms with van der Waals surface area (Å²) in [6.07, 6.45) is 5.02. The Kier molecular flexibility index (Phi) is 2.93. The quantitative estimate of drug-likeness (QED) is 0.879. The Morgan fingerprint density at radius 2 is 1.95 bits per heavy atom. The second-order valence-corrected chi connectivity index (χ2v) is 6.20. The van der Waals surface area contributed by atoms with Gasteiger partial charge in [0, 0.05) is 5.92 Å². The topological polar surface area (TPSA) is 46.9 Å². The minimum Gasteiger partial charge on any atom is -0.317 e. The highest BCUT2D eigenvalue weighted by Gasteiger charge is 2.57. The van der Waals surface area contributed by atoms with Gasteiger partial charge in [0.2, 0.25) is 0 Å². The minimum atomic E-state index is 0.193. The number of nitrogens with one attached hydrogen (secondary N) is 1. The number of carbonyl (C=O) groups excluding carboxylic acids is 1. The van der Waals surface area contributed by atoms with Crippen LogP contribution in [-0.2, 0) is 0 Å². The molecule has 1 spiro atoms. The molecular weight excluding hydrogens is 262 g/mol. The Labute approximate surface area is 124 Å². The van der Waals surface area contributed by atoms with E-state index in [9.17, 15) is 4.79 Å². The third kappa shape index (κ3) is 2.10. The molecule has 1 atom stereocenters. The van der Waals surface area contributed by atoms with Gasteiger partial charge in [0.05, 0.1) is 11.9 Å². The lowest BCUT2D eigenvalue weighted by Gasteiger charge is -2.23. The Bertz CT molecular complexity index is 656. The first-order valence-corrected chi connectivity index (χ1v) is 7.65. The molecular formula is C17H19N3O. The molecule has 4 rings (SSSR count). The molecule has 1 saturated carbocycles. The molecule has 21 heavy (non-hydrogen) atoms. The molecule has 2 fully saturated rings. The summed E-state index contributed by atoms with van der Waals surface area (Å²) in [7, 11) is 0. The van der Waals surface area contributed by atoms with Crippen molar-refractivity contribution in [3.05, 3.63) is 48.3 Å². The third-order valence-electron chi connectivity index (χ3n) is 5.00. The van der Waals surface area contributed by atoms with Gasteiger partial charge in [0.25, 0.3) is 0 Å². The molecule has 4 nitrogen and oxygen atoms in total. The Balaban J connectivity index is 1.61. The summed E-state index contributed by atoms with van der Waals surface area (Å²) >= 11 is 0. The van der Waals surface area contributed by atoms with Gasteiger partial charge >= 0.3 is 0 Å². The first-order chi connectivity index (χ1) is 10.3. The molecule has 2 aliphatic rings. The van der Waals surface area contributed by atoms with E-state index < -0.39 is 0 Å². The number of ketones is 1. The zero-order valence-corrected chi connectivity index (χ0v) is 12.0. The van der Waals surface area contributed by atoms with Crippen LogP contribution in [0.15, 0.2) is 42.6 Å². The second-order valence-electron chi connectivity index (χ2n) is 6.20. The summed E-state index contributed by atoms with van der Waals surface area (Å²) in [5.74, 6) is 0.456. The van der Waals surface area contributed by atoms with E-state index in [1.807, 2.05) is 36.4 Å². The highest BCUT2D eigenvalue weighted by Crippen LogP contribution is 2.59. The molecule has 4 heteroatoms. The summed E-state index contributed by atoms with van der Waals surface area (Å²) in [5, 5.41) is 7.72. The van der Waals surface area contributed by atoms with Crippen molar-refractivity contribution in [2.45, 2.75) is 19.3 Å². The van der Waals surface area contributed by atoms with Gasteiger partial charge in [-0.25, -0.2) is 4.68 Å². The molecule has 0 radical (unpaired) electrons. The van der Waals surface area contributed by atoms with E-state index in [2.05, 4.69) is 10.4 Å². The normalized spacial score (nSPS) is 23.1. The fourth-order valence-corrected chi connectivity index (χ4v) is 3.64. The predicted molar refractivity (Wildman–Crippen MR) is 80.5 cm³/mol. The largest absolute Gasteiger partial charge is 0.317 e. The second kappa shape index (κ2) is 4.81. The van der Waals surface area contributed by atoms with Crippen molar-refractivity contribution in [2.24, 2.45) is 11.3 Å². The van der Waals surface area contributed by atoms with Gasteiger partial charge in [0.15, 0.2) is 5.78 Å². The maximum Gasteiger partial charge on any atom is 0.184 e. The highest BCUT2D eigenvalue weighted by molar-refractivity contribution is 5.99. The zero-order valence-electron chi connectivity index (χ0n) is 12.0. The summed E-state index contributed by atoms with van der Waals surface area (Å²) in [5.41, 5.74) is 1.95. The van der Waals surface area contributed by atoms with Crippen molar-refractivity contribution in [1.29, 1.82) is 0 Å². The lowest BCUT2D eigenvalue weighted by atomic mass is 9.90. The van der Waals surface area contributed by atoms with Gasteiger partial charge in [-0.2, -0.15) is 5.10 Å². The smallest absolute Gasteiger partial charge is 0.184 e.